The van der Waals surface area contributed by atoms with Gasteiger partial charge in [-0.15, -0.1) is 0 Å². The SMILES string of the molecule is CC(=O)c1ccc(OC(=O)COc2ccc(Br)cc2C(C)(C)C)cc1. The van der Waals surface area contributed by atoms with Gasteiger partial charge in [-0.1, -0.05) is 36.7 Å². The second-order valence-corrected chi connectivity index (χ2v) is 7.65. The molecule has 0 aliphatic heterocycles. The summed E-state index contributed by atoms with van der Waals surface area (Å²) in [6.45, 7) is 7.53. The zero-order valence-electron chi connectivity index (χ0n) is 14.8. The average Bonchev–Trinajstić information content (AvgIpc) is 2.53. The van der Waals surface area contributed by atoms with E-state index < -0.39 is 5.97 Å². The highest BCUT2D eigenvalue weighted by molar-refractivity contribution is 9.10. The molecule has 0 radical (unpaired) electrons. The van der Waals surface area contributed by atoms with Crippen molar-refractivity contribution in [1.82, 2.24) is 0 Å². The van der Waals surface area contributed by atoms with Crippen LogP contribution < -0.4 is 9.47 Å². The van der Waals surface area contributed by atoms with E-state index in [1.807, 2.05) is 18.2 Å². The van der Waals surface area contributed by atoms with Crippen molar-refractivity contribution < 1.29 is 19.1 Å². The van der Waals surface area contributed by atoms with Crippen molar-refractivity contribution in [2.75, 3.05) is 6.61 Å². The molecule has 0 N–H and O–H groups in total. The molecule has 0 saturated heterocycles. The molecular formula is C20H21BrO4. The molecule has 5 heteroatoms. The molecule has 132 valence electrons. The first-order valence-corrected chi connectivity index (χ1v) is 8.70. The molecule has 4 nitrogen and oxygen atoms in total. The number of hydrogen-bond donors (Lipinski definition) is 0. The fraction of sp³-hybridized carbons (Fsp3) is 0.300. The fourth-order valence-corrected chi connectivity index (χ4v) is 2.63. The fourth-order valence-electron chi connectivity index (χ4n) is 2.27. The maximum Gasteiger partial charge on any atom is 0.349 e. The molecule has 0 fully saturated rings. The van der Waals surface area contributed by atoms with Gasteiger partial charge < -0.3 is 9.47 Å². The number of Topliss-reactive ketones (excluding diaryl/α,β-unsaturated/α-hetero) is 1. The van der Waals surface area contributed by atoms with E-state index in [0.717, 1.165) is 10.0 Å². The van der Waals surface area contributed by atoms with Gasteiger partial charge in [-0.2, -0.15) is 0 Å². The van der Waals surface area contributed by atoms with E-state index in [9.17, 15) is 9.59 Å². The zero-order chi connectivity index (χ0) is 18.6. The molecule has 0 aromatic heterocycles. The summed E-state index contributed by atoms with van der Waals surface area (Å²) < 4.78 is 11.9. The molecule has 0 amide bonds. The van der Waals surface area contributed by atoms with Crippen molar-refractivity contribution in [2.24, 2.45) is 0 Å². The molecule has 2 aromatic carbocycles. The summed E-state index contributed by atoms with van der Waals surface area (Å²) in [4.78, 5) is 23.3. The van der Waals surface area contributed by atoms with E-state index in [1.54, 1.807) is 24.3 Å². The summed E-state index contributed by atoms with van der Waals surface area (Å²) >= 11 is 3.46. The lowest BCUT2D eigenvalue weighted by Crippen LogP contribution is -2.20. The first-order chi connectivity index (χ1) is 11.7. The van der Waals surface area contributed by atoms with Crippen LogP contribution in [0.5, 0.6) is 11.5 Å². The van der Waals surface area contributed by atoms with Crippen LogP contribution in [0, 0.1) is 0 Å². The maximum atomic E-state index is 12.0. The maximum absolute atomic E-state index is 12.0. The van der Waals surface area contributed by atoms with Gasteiger partial charge in [-0.05, 0) is 54.8 Å². The molecule has 0 atom stereocenters. The van der Waals surface area contributed by atoms with Gasteiger partial charge in [0.1, 0.15) is 11.5 Å². The predicted octanol–water partition coefficient (Wildman–Crippen LogP) is 4.93. The lowest BCUT2D eigenvalue weighted by molar-refractivity contribution is -0.136. The highest BCUT2D eigenvalue weighted by Crippen LogP contribution is 2.33. The third-order valence-electron chi connectivity index (χ3n) is 3.59. The summed E-state index contributed by atoms with van der Waals surface area (Å²) in [5.74, 6) is 0.495. The first-order valence-electron chi connectivity index (χ1n) is 7.91. The third kappa shape index (κ3) is 5.43. The summed E-state index contributed by atoms with van der Waals surface area (Å²) in [6, 6.07) is 12.1. The Bertz CT molecular complexity index is 773. The van der Waals surface area contributed by atoms with E-state index in [2.05, 4.69) is 36.7 Å². The van der Waals surface area contributed by atoms with Crippen molar-refractivity contribution in [2.45, 2.75) is 33.1 Å². The number of rotatable bonds is 5. The number of benzene rings is 2. The Kier molecular flexibility index (Phi) is 6.01. The highest BCUT2D eigenvalue weighted by atomic mass is 79.9. The van der Waals surface area contributed by atoms with Gasteiger partial charge in [0.05, 0.1) is 0 Å². The van der Waals surface area contributed by atoms with Crippen LogP contribution in [0.2, 0.25) is 0 Å². The van der Waals surface area contributed by atoms with Gasteiger partial charge >= 0.3 is 5.97 Å². The smallest absolute Gasteiger partial charge is 0.349 e. The lowest BCUT2D eigenvalue weighted by atomic mass is 9.86. The van der Waals surface area contributed by atoms with Crippen LogP contribution in [0.15, 0.2) is 46.9 Å². The number of halogens is 1. The topological polar surface area (TPSA) is 52.6 Å². The largest absolute Gasteiger partial charge is 0.482 e. The lowest BCUT2D eigenvalue weighted by Gasteiger charge is -2.23. The van der Waals surface area contributed by atoms with Crippen molar-refractivity contribution in [1.29, 1.82) is 0 Å². The molecule has 0 bridgehead atoms. The zero-order valence-corrected chi connectivity index (χ0v) is 16.3. The number of esters is 1. The molecule has 0 aliphatic rings. The van der Waals surface area contributed by atoms with Gasteiger partial charge in [0.25, 0.3) is 0 Å². The molecule has 0 heterocycles. The molecule has 0 unspecified atom stereocenters. The van der Waals surface area contributed by atoms with Crippen LogP contribution in [0.1, 0.15) is 43.6 Å². The van der Waals surface area contributed by atoms with Gasteiger partial charge in [-0.3, -0.25) is 4.79 Å². The van der Waals surface area contributed by atoms with Crippen LogP contribution in [-0.4, -0.2) is 18.4 Å². The van der Waals surface area contributed by atoms with E-state index >= 15 is 0 Å². The Balaban J connectivity index is 2.02. The van der Waals surface area contributed by atoms with Gasteiger partial charge in [0, 0.05) is 15.6 Å². The number of hydrogen-bond acceptors (Lipinski definition) is 4. The van der Waals surface area contributed by atoms with Crippen molar-refractivity contribution in [3.8, 4) is 11.5 Å². The van der Waals surface area contributed by atoms with Crippen LogP contribution in [0.4, 0.5) is 0 Å². The Labute approximate surface area is 156 Å². The number of ketones is 1. The van der Waals surface area contributed by atoms with E-state index in [4.69, 9.17) is 9.47 Å². The molecule has 25 heavy (non-hydrogen) atoms. The van der Waals surface area contributed by atoms with Gasteiger partial charge in [-0.25, -0.2) is 4.79 Å². The minimum atomic E-state index is -0.502. The Morgan fingerprint density at radius 1 is 1.04 bits per heavy atom. The Morgan fingerprint density at radius 2 is 1.68 bits per heavy atom. The summed E-state index contributed by atoms with van der Waals surface area (Å²) in [5.41, 5.74) is 1.45. The number of carbonyl (C=O) groups excluding carboxylic acids is 2. The molecule has 2 aromatic rings. The molecule has 0 aliphatic carbocycles. The molecule has 0 spiro atoms. The quantitative estimate of drug-likeness (QED) is 0.402. The Morgan fingerprint density at radius 3 is 2.24 bits per heavy atom. The second-order valence-electron chi connectivity index (χ2n) is 6.73. The molecular weight excluding hydrogens is 384 g/mol. The standard InChI is InChI=1S/C20H21BrO4/c1-13(22)14-5-8-16(9-6-14)25-19(23)12-24-18-10-7-15(21)11-17(18)20(2,3)4/h5-11H,12H2,1-4H3. The van der Waals surface area contributed by atoms with E-state index in [1.165, 1.54) is 6.92 Å². The van der Waals surface area contributed by atoms with Crippen LogP contribution in [0.25, 0.3) is 0 Å². The number of carbonyl (C=O) groups is 2. The normalized spacial score (nSPS) is 11.1. The highest BCUT2D eigenvalue weighted by Gasteiger charge is 2.20. The van der Waals surface area contributed by atoms with Crippen molar-refractivity contribution >= 4 is 27.7 Å². The van der Waals surface area contributed by atoms with Gasteiger partial charge in [0.2, 0.25) is 0 Å². The van der Waals surface area contributed by atoms with E-state index in [0.29, 0.717) is 17.1 Å². The third-order valence-corrected chi connectivity index (χ3v) is 4.08. The van der Waals surface area contributed by atoms with Crippen molar-refractivity contribution in [3.63, 3.8) is 0 Å². The second kappa shape index (κ2) is 7.83. The van der Waals surface area contributed by atoms with E-state index in [-0.39, 0.29) is 17.8 Å². The minimum absolute atomic E-state index is 0.0360. The number of ether oxygens (including phenoxy) is 2. The van der Waals surface area contributed by atoms with Gasteiger partial charge in [0.15, 0.2) is 12.4 Å². The van der Waals surface area contributed by atoms with Crippen molar-refractivity contribution in [3.05, 3.63) is 58.1 Å². The average molecular weight is 405 g/mol. The van der Waals surface area contributed by atoms with Crippen LogP contribution in [-0.2, 0) is 10.2 Å². The monoisotopic (exact) mass is 404 g/mol. The van der Waals surface area contributed by atoms with Crippen LogP contribution >= 0.6 is 15.9 Å². The minimum Gasteiger partial charge on any atom is -0.482 e. The summed E-state index contributed by atoms with van der Waals surface area (Å²) in [5, 5.41) is 0. The predicted molar refractivity (Wildman–Crippen MR) is 100 cm³/mol. The Hall–Kier alpha value is -2.14. The molecule has 0 saturated carbocycles. The first kappa shape index (κ1) is 19.2. The summed E-state index contributed by atoms with van der Waals surface area (Å²) in [7, 11) is 0. The van der Waals surface area contributed by atoms with Crippen LogP contribution in [0.3, 0.4) is 0 Å². The molecule has 2 rings (SSSR count). The summed E-state index contributed by atoms with van der Waals surface area (Å²) in [6.07, 6.45) is 0.